The van der Waals surface area contributed by atoms with Crippen molar-refractivity contribution in [3.05, 3.63) is 28.5 Å². The monoisotopic (exact) mass is 266 g/mol. The van der Waals surface area contributed by atoms with Crippen molar-refractivity contribution in [2.75, 3.05) is 0 Å². The average Bonchev–Trinajstić information content (AvgIpc) is 2.25. The van der Waals surface area contributed by atoms with E-state index in [1.165, 1.54) is 0 Å². The highest BCUT2D eigenvalue weighted by Crippen LogP contribution is 2.29. The topological polar surface area (TPSA) is 36.7 Å². The smallest absolute Gasteiger partial charge is 0.0628 e. The molecule has 2 unspecified atom stereocenters. The van der Waals surface area contributed by atoms with Crippen LogP contribution in [0.2, 0.25) is 0 Å². The molecular formula is C12H15BrN2. The van der Waals surface area contributed by atoms with Crippen LogP contribution in [-0.2, 0) is 0 Å². The van der Waals surface area contributed by atoms with Gasteiger partial charge in [-0.05, 0) is 18.1 Å². The van der Waals surface area contributed by atoms with Gasteiger partial charge in [0.1, 0.15) is 0 Å². The lowest BCUT2D eigenvalue weighted by molar-refractivity contribution is 0.442. The Kier molecular flexibility index (Phi) is 4.77. The van der Waals surface area contributed by atoms with E-state index in [2.05, 4.69) is 40.8 Å². The Bertz CT molecular complexity index is 357. The van der Waals surface area contributed by atoms with Gasteiger partial charge in [-0.1, -0.05) is 36.2 Å². The van der Waals surface area contributed by atoms with Crippen LogP contribution in [0.15, 0.2) is 22.8 Å². The van der Waals surface area contributed by atoms with Crippen LogP contribution >= 0.6 is 15.9 Å². The summed E-state index contributed by atoms with van der Waals surface area (Å²) < 4.78 is 1.03. The molecule has 80 valence electrons. The number of hydrogen-bond acceptors (Lipinski definition) is 2. The predicted molar refractivity (Wildman–Crippen MR) is 64.4 cm³/mol. The first kappa shape index (κ1) is 12.2. The van der Waals surface area contributed by atoms with Crippen LogP contribution in [0.1, 0.15) is 38.3 Å². The number of pyridine rings is 1. The van der Waals surface area contributed by atoms with Gasteiger partial charge < -0.3 is 0 Å². The minimum Gasteiger partial charge on any atom is -0.261 e. The Morgan fingerprint density at radius 1 is 1.60 bits per heavy atom. The van der Waals surface area contributed by atoms with Gasteiger partial charge in [0.25, 0.3) is 0 Å². The van der Waals surface area contributed by atoms with Crippen molar-refractivity contribution >= 4 is 15.9 Å². The lowest BCUT2D eigenvalue weighted by Gasteiger charge is -2.19. The summed E-state index contributed by atoms with van der Waals surface area (Å²) in [7, 11) is 0. The first-order valence-corrected chi connectivity index (χ1v) is 5.96. The molecule has 0 aromatic carbocycles. The summed E-state index contributed by atoms with van der Waals surface area (Å²) >= 11 is 3.43. The summed E-state index contributed by atoms with van der Waals surface area (Å²) in [6.07, 6.45) is 3.39. The molecule has 1 heterocycles. The summed E-state index contributed by atoms with van der Waals surface area (Å²) in [5.41, 5.74) is 1.01. The van der Waals surface area contributed by atoms with Crippen LogP contribution in [0.4, 0.5) is 0 Å². The Morgan fingerprint density at radius 2 is 2.33 bits per heavy atom. The minimum absolute atomic E-state index is 0.248. The zero-order valence-corrected chi connectivity index (χ0v) is 10.7. The van der Waals surface area contributed by atoms with E-state index >= 15 is 0 Å². The zero-order chi connectivity index (χ0) is 11.3. The van der Waals surface area contributed by atoms with Crippen molar-refractivity contribution in [3.8, 4) is 6.07 Å². The van der Waals surface area contributed by atoms with E-state index in [-0.39, 0.29) is 5.92 Å². The normalized spacial score (nSPS) is 14.3. The van der Waals surface area contributed by atoms with E-state index in [4.69, 9.17) is 5.26 Å². The molecule has 0 saturated heterocycles. The van der Waals surface area contributed by atoms with Crippen molar-refractivity contribution < 1.29 is 0 Å². The molecule has 2 atom stereocenters. The first-order valence-electron chi connectivity index (χ1n) is 5.17. The third kappa shape index (κ3) is 3.32. The van der Waals surface area contributed by atoms with Gasteiger partial charge in [0.15, 0.2) is 0 Å². The first-order chi connectivity index (χ1) is 7.19. The second kappa shape index (κ2) is 5.87. The summed E-state index contributed by atoms with van der Waals surface area (Å²) in [5.74, 6) is 0.740. The van der Waals surface area contributed by atoms with Gasteiger partial charge in [0, 0.05) is 28.7 Å². The molecule has 0 aliphatic rings. The Balaban J connectivity index is 2.94. The van der Waals surface area contributed by atoms with E-state index in [1.807, 2.05) is 12.1 Å². The summed E-state index contributed by atoms with van der Waals surface area (Å²) in [6.45, 7) is 4.32. The Hall–Kier alpha value is -0.880. The number of rotatable bonds is 4. The Labute approximate surface area is 99.5 Å². The molecule has 0 amide bonds. The van der Waals surface area contributed by atoms with Crippen molar-refractivity contribution in [2.45, 2.75) is 32.6 Å². The molecule has 1 rings (SSSR count). The van der Waals surface area contributed by atoms with Gasteiger partial charge in [-0.25, -0.2) is 0 Å². The van der Waals surface area contributed by atoms with Crippen LogP contribution in [-0.4, -0.2) is 4.98 Å². The number of hydrogen-bond donors (Lipinski definition) is 0. The van der Waals surface area contributed by atoms with E-state index in [0.29, 0.717) is 12.3 Å². The lowest BCUT2D eigenvalue weighted by atomic mass is 9.86. The number of aromatic nitrogens is 1. The highest BCUT2D eigenvalue weighted by molar-refractivity contribution is 9.10. The minimum atomic E-state index is 0.248. The molecule has 0 bridgehead atoms. The van der Waals surface area contributed by atoms with Gasteiger partial charge in [-0.15, -0.1) is 0 Å². The van der Waals surface area contributed by atoms with Crippen LogP contribution < -0.4 is 0 Å². The zero-order valence-electron chi connectivity index (χ0n) is 9.07. The fraction of sp³-hybridized carbons (Fsp3) is 0.500. The van der Waals surface area contributed by atoms with Crippen molar-refractivity contribution in [2.24, 2.45) is 5.92 Å². The molecule has 0 saturated carbocycles. The molecule has 0 fully saturated rings. The molecular weight excluding hydrogens is 252 g/mol. The van der Waals surface area contributed by atoms with E-state index < -0.39 is 0 Å². The van der Waals surface area contributed by atoms with Crippen molar-refractivity contribution in [1.29, 1.82) is 5.26 Å². The van der Waals surface area contributed by atoms with Gasteiger partial charge in [-0.2, -0.15) is 5.26 Å². The molecule has 0 aliphatic carbocycles. The van der Waals surface area contributed by atoms with Gasteiger partial charge in [-0.3, -0.25) is 4.98 Å². The van der Waals surface area contributed by atoms with Crippen molar-refractivity contribution in [3.63, 3.8) is 0 Å². The van der Waals surface area contributed by atoms with Crippen LogP contribution in [0.3, 0.4) is 0 Å². The second-order valence-electron chi connectivity index (χ2n) is 3.75. The summed E-state index contributed by atoms with van der Waals surface area (Å²) in [6, 6.07) is 6.16. The molecule has 1 aromatic heterocycles. The largest absolute Gasteiger partial charge is 0.261 e. The predicted octanol–water partition coefficient (Wildman–Crippen LogP) is 3.89. The highest BCUT2D eigenvalue weighted by atomic mass is 79.9. The van der Waals surface area contributed by atoms with E-state index in [0.717, 1.165) is 16.6 Å². The SMILES string of the molecule is CCC(C)C(CC#N)c1cc(Br)ccn1. The molecule has 0 spiro atoms. The summed E-state index contributed by atoms with van der Waals surface area (Å²) in [4.78, 5) is 4.35. The Morgan fingerprint density at radius 3 is 2.87 bits per heavy atom. The fourth-order valence-corrected chi connectivity index (χ4v) is 1.96. The molecule has 15 heavy (non-hydrogen) atoms. The number of halogens is 1. The third-order valence-electron chi connectivity index (χ3n) is 2.77. The van der Waals surface area contributed by atoms with Crippen molar-refractivity contribution in [1.82, 2.24) is 4.98 Å². The van der Waals surface area contributed by atoms with Crippen LogP contribution in [0.25, 0.3) is 0 Å². The number of nitriles is 1. The maximum absolute atomic E-state index is 8.82. The summed E-state index contributed by atoms with van der Waals surface area (Å²) in [5, 5.41) is 8.82. The standard InChI is InChI=1S/C12H15BrN2/c1-3-9(2)11(4-6-14)12-8-10(13)5-7-15-12/h5,7-9,11H,3-4H2,1-2H3. The fourth-order valence-electron chi connectivity index (χ4n) is 1.60. The molecule has 3 heteroatoms. The molecule has 1 aromatic rings. The van der Waals surface area contributed by atoms with E-state index in [1.54, 1.807) is 6.20 Å². The quantitative estimate of drug-likeness (QED) is 0.829. The lowest BCUT2D eigenvalue weighted by Crippen LogP contribution is -2.10. The van der Waals surface area contributed by atoms with Gasteiger partial charge >= 0.3 is 0 Å². The molecule has 2 nitrogen and oxygen atoms in total. The second-order valence-corrected chi connectivity index (χ2v) is 4.67. The highest BCUT2D eigenvalue weighted by Gasteiger charge is 2.19. The van der Waals surface area contributed by atoms with E-state index in [9.17, 15) is 0 Å². The maximum Gasteiger partial charge on any atom is 0.0628 e. The number of nitrogens with zero attached hydrogens (tertiary/aromatic N) is 2. The molecule has 0 N–H and O–H groups in total. The van der Waals surface area contributed by atoms with Gasteiger partial charge in [0.05, 0.1) is 6.07 Å². The van der Waals surface area contributed by atoms with Crippen LogP contribution in [0.5, 0.6) is 0 Å². The molecule has 0 aliphatic heterocycles. The maximum atomic E-state index is 8.82. The van der Waals surface area contributed by atoms with Crippen LogP contribution in [0, 0.1) is 17.2 Å². The third-order valence-corrected chi connectivity index (χ3v) is 3.26. The average molecular weight is 267 g/mol. The molecule has 0 radical (unpaired) electrons. The van der Waals surface area contributed by atoms with Gasteiger partial charge in [0.2, 0.25) is 0 Å².